The number of rotatable bonds is 8. The van der Waals surface area contributed by atoms with Crippen LogP contribution < -0.4 is 16.0 Å². The van der Waals surface area contributed by atoms with E-state index in [1.54, 1.807) is 6.92 Å². The van der Waals surface area contributed by atoms with Crippen molar-refractivity contribution in [2.75, 3.05) is 13.2 Å². The predicted molar refractivity (Wildman–Crippen MR) is 128 cm³/mol. The molecule has 9 nitrogen and oxygen atoms in total. The van der Waals surface area contributed by atoms with Gasteiger partial charge in [-0.25, -0.2) is 4.79 Å². The summed E-state index contributed by atoms with van der Waals surface area (Å²) in [7, 11) is 0. The van der Waals surface area contributed by atoms with Gasteiger partial charge in [-0.15, -0.1) is 0 Å². The Labute approximate surface area is 203 Å². The first-order chi connectivity index (χ1) is 16.8. The maximum atomic E-state index is 13.0. The molecule has 0 spiro atoms. The van der Waals surface area contributed by atoms with Gasteiger partial charge < -0.3 is 25.8 Å². The maximum Gasteiger partial charge on any atom is 0.407 e. The van der Waals surface area contributed by atoms with Crippen LogP contribution in [-0.2, 0) is 19.1 Å². The second-order valence-electron chi connectivity index (χ2n) is 9.01. The topological polar surface area (TPSA) is 134 Å². The van der Waals surface area contributed by atoms with Crippen LogP contribution >= 0.6 is 0 Å². The van der Waals surface area contributed by atoms with Gasteiger partial charge >= 0.3 is 12.1 Å². The van der Waals surface area contributed by atoms with Crippen LogP contribution in [0.4, 0.5) is 4.79 Å². The first-order valence-corrected chi connectivity index (χ1v) is 11.7. The molecule has 35 heavy (non-hydrogen) atoms. The molecule has 1 aliphatic heterocycles. The number of fused-ring (bicyclic) bond motifs is 3. The van der Waals surface area contributed by atoms with Crippen LogP contribution in [0.25, 0.3) is 11.1 Å². The molecule has 4 rings (SSSR count). The van der Waals surface area contributed by atoms with E-state index in [1.165, 1.54) is 0 Å². The highest BCUT2D eigenvalue weighted by Gasteiger charge is 2.42. The van der Waals surface area contributed by atoms with Gasteiger partial charge in [0.1, 0.15) is 24.6 Å². The van der Waals surface area contributed by atoms with Crippen molar-refractivity contribution >= 4 is 23.9 Å². The molecule has 2 aliphatic rings. The molecule has 184 valence electrons. The molecule has 1 saturated heterocycles. The largest absolute Gasteiger partial charge is 0.481 e. The van der Waals surface area contributed by atoms with Crippen molar-refractivity contribution in [3.63, 3.8) is 0 Å². The Morgan fingerprint density at radius 2 is 1.69 bits per heavy atom. The Hall–Kier alpha value is -3.88. The normalized spacial score (nSPS) is 20.2. The summed E-state index contributed by atoms with van der Waals surface area (Å²) in [4.78, 5) is 49.2. The molecular weight excluding hydrogens is 450 g/mol. The van der Waals surface area contributed by atoms with Crippen molar-refractivity contribution in [1.82, 2.24) is 16.0 Å². The molecule has 0 bridgehead atoms. The van der Waals surface area contributed by atoms with Crippen molar-refractivity contribution < 1.29 is 29.0 Å². The van der Waals surface area contributed by atoms with E-state index in [4.69, 9.17) is 4.74 Å². The number of benzene rings is 2. The standard InChI is InChI=1S/C26H29N3O6/c1-3-14(2)21(24(31)28-22-19(25(32)33)12-27-23(22)30)29-26(34)35-13-20-17-10-6-4-8-15(17)16-9-5-7-11-18(16)20/h4-11,14,19-22H,3,12-13H2,1-2H3,(H,27,30)(H,28,31)(H,29,34)(H,32,33). The van der Waals surface area contributed by atoms with Crippen LogP contribution in [0.5, 0.6) is 0 Å². The molecular formula is C26H29N3O6. The fraction of sp³-hybridized carbons (Fsp3) is 0.385. The highest BCUT2D eigenvalue weighted by atomic mass is 16.5. The van der Waals surface area contributed by atoms with Gasteiger partial charge in [0.15, 0.2) is 0 Å². The molecule has 2 aromatic carbocycles. The third-order valence-corrected chi connectivity index (χ3v) is 6.91. The van der Waals surface area contributed by atoms with Gasteiger partial charge in [-0.05, 0) is 28.2 Å². The van der Waals surface area contributed by atoms with Crippen molar-refractivity contribution in [2.45, 2.75) is 38.3 Å². The van der Waals surface area contributed by atoms with Crippen molar-refractivity contribution in [1.29, 1.82) is 0 Å². The van der Waals surface area contributed by atoms with E-state index in [0.717, 1.165) is 22.3 Å². The van der Waals surface area contributed by atoms with Crippen LogP contribution in [0, 0.1) is 11.8 Å². The lowest BCUT2D eigenvalue weighted by Gasteiger charge is -2.25. The van der Waals surface area contributed by atoms with Crippen LogP contribution in [-0.4, -0.2) is 54.2 Å². The van der Waals surface area contributed by atoms with Gasteiger partial charge in [0, 0.05) is 12.5 Å². The van der Waals surface area contributed by atoms with E-state index in [2.05, 4.69) is 16.0 Å². The quantitative estimate of drug-likeness (QED) is 0.459. The molecule has 3 amide bonds. The number of amides is 3. The lowest BCUT2D eigenvalue weighted by molar-refractivity contribution is -0.143. The van der Waals surface area contributed by atoms with Crippen molar-refractivity contribution in [2.24, 2.45) is 11.8 Å². The molecule has 4 unspecified atom stereocenters. The maximum absolute atomic E-state index is 13.0. The number of carboxylic acid groups (broad SMARTS) is 1. The van der Waals surface area contributed by atoms with Gasteiger partial charge in [0.05, 0.1) is 0 Å². The third kappa shape index (κ3) is 4.84. The molecule has 4 atom stereocenters. The van der Waals surface area contributed by atoms with Crippen LogP contribution in [0.2, 0.25) is 0 Å². The number of nitrogens with one attached hydrogen (secondary N) is 3. The van der Waals surface area contributed by atoms with Crippen LogP contribution in [0.3, 0.4) is 0 Å². The minimum absolute atomic E-state index is 0.0626. The van der Waals surface area contributed by atoms with Crippen LogP contribution in [0.15, 0.2) is 48.5 Å². The fourth-order valence-electron chi connectivity index (χ4n) is 4.73. The summed E-state index contributed by atoms with van der Waals surface area (Å²) >= 11 is 0. The average molecular weight is 480 g/mol. The predicted octanol–water partition coefficient (Wildman–Crippen LogP) is 2.26. The van der Waals surface area contributed by atoms with Crippen LogP contribution in [0.1, 0.15) is 37.3 Å². The number of aliphatic carboxylic acids is 1. The number of carboxylic acids is 1. The second kappa shape index (κ2) is 10.2. The molecule has 1 heterocycles. The number of ether oxygens (including phenoxy) is 1. The summed E-state index contributed by atoms with van der Waals surface area (Å²) in [6.07, 6.45) is -0.181. The summed E-state index contributed by atoms with van der Waals surface area (Å²) < 4.78 is 5.56. The Bertz CT molecular complexity index is 1100. The molecule has 0 aromatic heterocycles. The first-order valence-electron chi connectivity index (χ1n) is 11.7. The number of carbonyl (C=O) groups is 4. The summed E-state index contributed by atoms with van der Waals surface area (Å²) in [5, 5.41) is 16.9. The number of alkyl carbamates (subject to hydrolysis) is 1. The first kappa shape index (κ1) is 24.3. The zero-order chi connectivity index (χ0) is 25.1. The highest BCUT2D eigenvalue weighted by molar-refractivity contribution is 5.96. The number of hydrogen-bond donors (Lipinski definition) is 4. The van der Waals surface area contributed by atoms with Gasteiger partial charge in [-0.1, -0.05) is 68.8 Å². The SMILES string of the molecule is CCC(C)C(NC(=O)OCC1c2ccccc2-c2ccccc21)C(=O)NC1C(=O)NCC1C(=O)O. The minimum atomic E-state index is -1.20. The van der Waals surface area contributed by atoms with Gasteiger partial charge in [-0.2, -0.15) is 0 Å². The Balaban J connectivity index is 1.43. The van der Waals surface area contributed by atoms with E-state index >= 15 is 0 Å². The molecule has 4 N–H and O–H groups in total. The lowest BCUT2D eigenvalue weighted by atomic mass is 9.97. The van der Waals surface area contributed by atoms with E-state index in [9.17, 15) is 24.3 Å². The Morgan fingerprint density at radius 3 is 2.26 bits per heavy atom. The van der Waals surface area contributed by atoms with E-state index < -0.39 is 41.9 Å². The van der Waals surface area contributed by atoms with Gasteiger partial charge in [0.25, 0.3) is 0 Å². The summed E-state index contributed by atoms with van der Waals surface area (Å²) in [6, 6.07) is 13.8. The smallest absolute Gasteiger partial charge is 0.407 e. The molecule has 1 aliphatic carbocycles. The number of carbonyl (C=O) groups excluding carboxylic acids is 3. The number of hydrogen-bond acceptors (Lipinski definition) is 5. The van der Waals surface area contributed by atoms with Crippen molar-refractivity contribution in [3.05, 3.63) is 59.7 Å². The van der Waals surface area contributed by atoms with E-state index in [0.29, 0.717) is 6.42 Å². The van der Waals surface area contributed by atoms with Gasteiger partial charge in [0.2, 0.25) is 11.8 Å². The molecule has 1 fully saturated rings. The molecule has 9 heteroatoms. The van der Waals surface area contributed by atoms with Gasteiger partial charge in [-0.3, -0.25) is 14.4 Å². The molecule has 2 aromatic rings. The molecule has 0 radical (unpaired) electrons. The zero-order valence-electron chi connectivity index (χ0n) is 19.6. The average Bonchev–Trinajstić information content (AvgIpc) is 3.38. The Kier molecular flexibility index (Phi) is 7.04. The summed E-state index contributed by atoms with van der Waals surface area (Å²) in [5.74, 6) is -3.83. The fourth-order valence-corrected chi connectivity index (χ4v) is 4.73. The zero-order valence-corrected chi connectivity index (χ0v) is 19.6. The minimum Gasteiger partial charge on any atom is -0.481 e. The lowest BCUT2D eigenvalue weighted by Crippen LogP contribution is -2.55. The summed E-state index contributed by atoms with van der Waals surface area (Å²) in [6.45, 7) is 3.69. The summed E-state index contributed by atoms with van der Waals surface area (Å²) in [5.41, 5.74) is 4.36. The third-order valence-electron chi connectivity index (χ3n) is 6.91. The Morgan fingerprint density at radius 1 is 1.09 bits per heavy atom. The molecule has 0 saturated carbocycles. The second-order valence-corrected chi connectivity index (χ2v) is 9.01. The van der Waals surface area contributed by atoms with Crippen molar-refractivity contribution in [3.8, 4) is 11.1 Å². The highest BCUT2D eigenvalue weighted by Crippen LogP contribution is 2.44. The van der Waals surface area contributed by atoms with E-state index in [1.807, 2.05) is 55.5 Å². The monoisotopic (exact) mass is 479 g/mol. The van der Waals surface area contributed by atoms with E-state index in [-0.39, 0.29) is 25.0 Å².